The van der Waals surface area contributed by atoms with Gasteiger partial charge in [-0.05, 0) is 24.3 Å². The molecule has 2 fully saturated rings. The molecule has 2 atom stereocenters. The summed E-state index contributed by atoms with van der Waals surface area (Å²) in [6, 6.07) is 19.6. The predicted molar refractivity (Wildman–Crippen MR) is 106 cm³/mol. The molecule has 0 N–H and O–H groups in total. The van der Waals surface area contributed by atoms with Crippen LogP contribution in [0.2, 0.25) is 0 Å². The van der Waals surface area contributed by atoms with Crippen LogP contribution in [0.25, 0.3) is 0 Å². The molecule has 2 aromatic rings. The molecule has 4 heteroatoms. The van der Waals surface area contributed by atoms with Gasteiger partial charge < -0.3 is 18.9 Å². The van der Waals surface area contributed by atoms with Gasteiger partial charge in [0.15, 0.2) is 0 Å². The quantitative estimate of drug-likeness (QED) is 0.681. The average Bonchev–Trinajstić information content (AvgIpc) is 3.57. The topological polar surface area (TPSA) is 43.5 Å². The highest BCUT2D eigenvalue weighted by atomic mass is 16.6. The van der Waals surface area contributed by atoms with E-state index in [1.165, 1.54) is 6.42 Å². The van der Waals surface area contributed by atoms with Gasteiger partial charge in [0.25, 0.3) is 0 Å². The van der Waals surface area contributed by atoms with Crippen LogP contribution in [0.5, 0.6) is 11.5 Å². The van der Waals surface area contributed by atoms with Crippen molar-refractivity contribution in [1.29, 1.82) is 0 Å². The zero-order chi connectivity index (χ0) is 17.7. The second-order valence-electron chi connectivity index (χ2n) is 5.87. The molecule has 2 unspecified atom stereocenters. The van der Waals surface area contributed by atoms with Gasteiger partial charge in [0.2, 0.25) is 0 Å². The number of rotatable bonds is 6. The van der Waals surface area contributed by atoms with Gasteiger partial charge in [-0.1, -0.05) is 64.1 Å². The summed E-state index contributed by atoms with van der Waals surface area (Å²) in [4.78, 5) is 0. The first-order chi connectivity index (χ1) is 12.3. The van der Waals surface area contributed by atoms with E-state index in [9.17, 15) is 0 Å². The number of para-hydroxylation sites is 2. The zero-order valence-corrected chi connectivity index (χ0v) is 15.1. The second-order valence-corrected chi connectivity index (χ2v) is 5.87. The lowest BCUT2D eigenvalue weighted by Crippen LogP contribution is -2.03. The molecule has 0 radical (unpaired) electrons. The summed E-state index contributed by atoms with van der Waals surface area (Å²) in [7, 11) is 0. The van der Waals surface area contributed by atoms with Crippen molar-refractivity contribution in [2.24, 2.45) is 0 Å². The fraction of sp³-hybridized carbons (Fsp3) is 0.455. The van der Waals surface area contributed by atoms with Gasteiger partial charge >= 0.3 is 0 Å². The minimum atomic E-state index is 0. The highest BCUT2D eigenvalue weighted by molar-refractivity contribution is 5.21. The lowest BCUT2D eigenvalue weighted by atomic mass is 10.3. The summed E-state index contributed by atoms with van der Waals surface area (Å²) in [6.07, 6.45) is 1.94. The molecule has 0 aliphatic carbocycles. The van der Waals surface area contributed by atoms with Crippen molar-refractivity contribution in [3.05, 3.63) is 60.7 Å². The number of hydrogen-bond acceptors (Lipinski definition) is 4. The van der Waals surface area contributed by atoms with Crippen molar-refractivity contribution >= 4 is 0 Å². The molecule has 2 saturated heterocycles. The lowest BCUT2D eigenvalue weighted by Gasteiger charge is -2.01. The maximum Gasteiger partial charge on any atom is 0.119 e. The van der Waals surface area contributed by atoms with Crippen molar-refractivity contribution in [2.45, 2.75) is 39.9 Å². The summed E-state index contributed by atoms with van der Waals surface area (Å²) < 4.78 is 20.8. The molecule has 0 bridgehead atoms. The van der Waals surface area contributed by atoms with Crippen molar-refractivity contribution in [3.63, 3.8) is 0 Å². The van der Waals surface area contributed by atoms with E-state index in [-0.39, 0.29) is 7.43 Å². The Kier molecular flexibility index (Phi) is 11.2. The summed E-state index contributed by atoms with van der Waals surface area (Å²) >= 11 is 0. The third-order valence-corrected chi connectivity index (χ3v) is 3.16. The average molecular weight is 360 g/mol. The van der Waals surface area contributed by atoms with Gasteiger partial charge in [-0.3, -0.25) is 0 Å². The third-order valence-electron chi connectivity index (χ3n) is 3.16. The molecule has 0 spiro atoms. The van der Waals surface area contributed by atoms with E-state index < -0.39 is 0 Å². The number of benzene rings is 2. The van der Waals surface area contributed by atoms with Crippen LogP contribution >= 0.6 is 0 Å². The Bertz CT molecular complexity index is 499. The Morgan fingerprint density at radius 2 is 1.04 bits per heavy atom. The Hall–Kier alpha value is -2.04. The van der Waals surface area contributed by atoms with Crippen molar-refractivity contribution in [3.8, 4) is 11.5 Å². The van der Waals surface area contributed by atoms with Crippen LogP contribution in [0.1, 0.15) is 27.7 Å². The van der Waals surface area contributed by atoms with Gasteiger partial charge in [0.1, 0.15) is 36.9 Å². The second kappa shape index (κ2) is 13.2. The summed E-state index contributed by atoms with van der Waals surface area (Å²) in [6.45, 7) is 7.33. The molecule has 2 aliphatic heterocycles. The van der Waals surface area contributed by atoms with E-state index >= 15 is 0 Å². The Morgan fingerprint density at radius 3 is 1.31 bits per heavy atom. The molecule has 4 nitrogen and oxygen atoms in total. The first kappa shape index (κ1) is 22.0. The monoisotopic (exact) mass is 360 g/mol. The highest BCUT2D eigenvalue weighted by Crippen LogP contribution is 2.14. The molecule has 2 aliphatic rings. The minimum Gasteiger partial charge on any atom is -0.491 e. The van der Waals surface area contributed by atoms with E-state index in [2.05, 4.69) is 13.8 Å². The lowest BCUT2D eigenvalue weighted by molar-refractivity contribution is 0.263. The molecule has 2 heterocycles. The summed E-state index contributed by atoms with van der Waals surface area (Å²) in [5.74, 6) is 1.84. The maximum atomic E-state index is 5.40. The van der Waals surface area contributed by atoms with E-state index in [0.29, 0.717) is 25.4 Å². The molecule has 2 aromatic carbocycles. The largest absolute Gasteiger partial charge is 0.491 e. The van der Waals surface area contributed by atoms with Gasteiger partial charge in [-0.2, -0.15) is 0 Å². The summed E-state index contributed by atoms with van der Waals surface area (Å²) in [5, 5.41) is 0. The van der Waals surface area contributed by atoms with E-state index in [4.69, 9.17) is 18.9 Å². The molecular formula is C22H32O4. The van der Waals surface area contributed by atoms with Crippen LogP contribution in [0.15, 0.2) is 60.7 Å². The van der Waals surface area contributed by atoms with Crippen LogP contribution in [0, 0.1) is 0 Å². The molecule has 4 rings (SSSR count). The fourth-order valence-electron chi connectivity index (χ4n) is 1.74. The number of hydrogen-bond donors (Lipinski definition) is 0. The van der Waals surface area contributed by atoms with Gasteiger partial charge in [0.05, 0.1) is 13.2 Å². The first-order valence-corrected chi connectivity index (χ1v) is 8.90. The minimum absolute atomic E-state index is 0. The van der Waals surface area contributed by atoms with Crippen molar-refractivity contribution in [1.82, 2.24) is 0 Å². The predicted octanol–water partition coefficient (Wildman–Crippen LogP) is 4.98. The zero-order valence-electron chi connectivity index (χ0n) is 15.1. The SMILES string of the molecule is C.CCC.c1ccc(OCC2CO2)cc1.c1ccc(OCC2CO2)cc1. The Balaban J connectivity index is 0.000000219. The highest BCUT2D eigenvalue weighted by Gasteiger charge is 2.23. The van der Waals surface area contributed by atoms with E-state index in [0.717, 1.165) is 24.7 Å². The number of epoxide rings is 2. The first-order valence-electron chi connectivity index (χ1n) is 8.90. The van der Waals surface area contributed by atoms with Gasteiger partial charge in [-0.25, -0.2) is 0 Å². The van der Waals surface area contributed by atoms with Crippen LogP contribution in [0.3, 0.4) is 0 Å². The van der Waals surface area contributed by atoms with Crippen LogP contribution in [0.4, 0.5) is 0 Å². The van der Waals surface area contributed by atoms with Crippen LogP contribution < -0.4 is 9.47 Å². The van der Waals surface area contributed by atoms with Crippen LogP contribution in [-0.2, 0) is 9.47 Å². The van der Waals surface area contributed by atoms with Gasteiger partial charge in [0, 0.05) is 0 Å². The molecule has 0 aromatic heterocycles. The number of ether oxygens (including phenoxy) is 4. The van der Waals surface area contributed by atoms with Crippen molar-refractivity contribution in [2.75, 3.05) is 26.4 Å². The normalized spacial score (nSPS) is 18.7. The molecule has 0 amide bonds. The van der Waals surface area contributed by atoms with Crippen LogP contribution in [-0.4, -0.2) is 38.6 Å². The van der Waals surface area contributed by atoms with E-state index in [1.807, 2.05) is 60.7 Å². The van der Waals surface area contributed by atoms with E-state index in [1.54, 1.807) is 0 Å². The molecule has 26 heavy (non-hydrogen) atoms. The molecular weight excluding hydrogens is 328 g/mol. The maximum absolute atomic E-state index is 5.40. The van der Waals surface area contributed by atoms with Crippen molar-refractivity contribution < 1.29 is 18.9 Å². The summed E-state index contributed by atoms with van der Waals surface area (Å²) in [5.41, 5.74) is 0. The molecule has 0 saturated carbocycles. The van der Waals surface area contributed by atoms with Gasteiger partial charge in [-0.15, -0.1) is 0 Å². The third kappa shape index (κ3) is 10.7. The Labute approximate surface area is 158 Å². The molecule has 144 valence electrons. The Morgan fingerprint density at radius 1 is 0.731 bits per heavy atom. The smallest absolute Gasteiger partial charge is 0.119 e. The fourth-order valence-corrected chi connectivity index (χ4v) is 1.74. The standard InChI is InChI=1S/2C9H10O2.C3H8.CH4/c2*1-2-4-8(5-3-1)10-6-9-7-11-9;1-3-2;/h2*1-5,9H,6-7H2;3H2,1-2H3;1H4.